The molecule has 2 unspecified atom stereocenters. The van der Waals surface area contributed by atoms with Crippen molar-refractivity contribution in [1.29, 1.82) is 0 Å². The first-order valence-corrected chi connectivity index (χ1v) is 10.5. The Labute approximate surface area is 184 Å². The van der Waals surface area contributed by atoms with Crippen molar-refractivity contribution in [3.05, 3.63) is 68.1 Å². The summed E-state index contributed by atoms with van der Waals surface area (Å²) in [6.45, 7) is 0.0983. The van der Waals surface area contributed by atoms with Gasteiger partial charge in [-0.15, -0.1) is 21.8 Å². The number of rotatable bonds is 5. The molecule has 1 amide bonds. The lowest BCUT2D eigenvalue weighted by Gasteiger charge is -2.42. The summed E-state index contributed by atoms with van der Waals surface area (Å²) in [5.41, 5.74) is 0.940. The van der Waals surface area contributed by atoms with Gasteiger partial charge in [-0.1, -0.05) is 76.5 Å². The molecule has 1 aliphatic heterocycles. The number of carbonyl (C=O) groups is 1. The van der Waals surface area contributed by atoms with Gasteiger partial charge in [0.1, 0.15) is 12.0 Å². The zero-order chi connectivity index (χ0) is 19.8. The van der Waals surface area contributed by atoms with Crippen molar-refractivity contribution < 1.29 is 9.53 Å². The zero-order valence-electron chi connectivity index (χ0n) is 14.0. The zero-order valence-corrected chi connectivity index (χ0v) is 17.8. The van der Waals surface area contributed by atoms with Crippen LogP contribution in [0.25, 0.3) is 0 Å². The molecule has 10 heteroatoms. The highest BCUT2D eigenvalue weighted by Crippen LogP contribution is 2.43. The van der Waals surface area contributed by atoms with Crippen LogP contribution in [0.4, 0.5) is 5.13 Å². The first-order valence-electron chi connectivity index (χ1n) is 8.07. The highest BCUT2D eigenvalue weighted by atomic mass is 35.5. The monoisotopic (exact) mass is 473 g/mol. The number of benzene rings is 2. The minimum absolute atomic E-state index is 0.0983. The molecule has 1 fully saturated rings. The smallest absolute Gasteiger partial charge is 0.250 e. The molecule has 1 aliphatic rings. The number of halogens is 4. The van der Waals surface area contributed by atoms with Crippen molar-refractivity contribution in [2.24, 2.45) is 0 Å². The van der Waals surface area contributed by atoms with Crippen LogP contribution in [0.2, 0.25) is 15.1 Å². The van der Waals surface area contributed by atoms with Crippen LogP contribution in [0.15, 0.2) is 42.5 Å². The van der Waals surface area contributed by atoms with Crippen molar-refractivity contribution in [1.82, 2.24) is 10.2 Å². The fourth-order valence-electron chi connectivity index (χ4n) is 2.84. The second kappa shape index (κ2) is 8.05. The molecule has 0 bridgehead atoms. The first kappa shape index (κ1) is 19.7. The van der Waals surface area contributed by atoms with E-state index in [4.69, 9.17) is 51.1 Å². The minimum Gasteiger partial charge on any atom is -0.483 e. The molecule has 0 aliphatic carbocycles. The molecule has 2 heterocycles. The van der Waals surface area contributed by atoms with Gasteiger partial charge in [-0.25, -0.2) is 0 Å². The van der Waals surface area contributed by atoms with Gasteiger partial charge >= 0.3 is 0 Å². The maximum absolute atomic E-state index is 12.3. The second-order valence-electron chi connectivity index (χ2n) is 5.93. The Hall–Kier alpha value is -1.57. The van der Waals surface area contributed by atoms with E-state index < -0.39 is 5.38 Å². The van der Waals surface area contributed by atoms with E-state index >= 15 is 0 Å². The maximum Gasteiger partial charge on any atom is 0.250 e. The Morgan fingerprint density at radius 2 is 1.75 bits per heavy atom. The van der Waals surface area contributed by atoms with Gasteiger partial charge in [0.2, 0.25) is 11.0 Å². The van der Waals surface area contributed by atoms with Crippen LogP contribution in [0.1, 0.15) is 16.6 Å². The van der Waals surface area contributed by atoms with Crippen LogP contribution in [0.3, 0.4) is 0 Å². The summed E-state index contributed by atoms with van der Waals surface area (Å²) in [6, 6.07) is 12.4. The Bertz CT molecular complexity index is 1010. The summed E-state index contributed by atoms with van der Waals surface area (Å²) in [4.78, 5) is 13.9. The number of hydrogen-bond acceptors (Lipinski definition) is 5. The molecule has 0 N–H and O–H groups in total. The molecule has 2 atom stereocenters. The summed E-state index contributed by atoms with van der Waals surface area (Å²) in [5.74, 6) is 0.107. The number of β-lactam (4-membered cyclic amide) rings is 1. The standard InChI is InChI=1S/C18H11Cl4N3O2S/c19-10-6-11(20)16(12(21)7-10)27-8-13-23-24-18(28-13)25-15(14(22)17(25)26)9-4-2-1-3-5-9/h1-7,14-15H,8H2. The van der Waals surface area contributed by atoms with Gasteiger partial charge < -0.3 is 4.74 Å². The number of amides is 1. The number of alkyl halides is 1. The molecule has 4 rings (SSSR count). The second-order valence-corrected chi connectivity index (χ2v) is 8.69. The number of hydrogen-bond donors (Lipinski definition) is 0. The van der Waals surface area contributed by atoms with Crippen molar-refractivity contribution in [3.63, 3.8) is 0 Å². The van der Waals surface area contributed by atoms with E-state index in [0.717, 1.165) is 5.56 Å². The van der Waals surface area contributed by atoms with Crippen LogP contribution in [0.5, 0.6) is 5.75 Å². The summed E-state index contributed by atoms with van der Waals surface area (Å²) >= 11 is 25.6. The summed E-state index contributed by atoms with van der Waals surface area (Å²) in [6.07, 6.45) is 0. The molecule has 3 aromatic rings. The minimum atomic E-state index is -0.627. The van der Waals surface area contributed by atoms with E-state index in [1.807, 2.05) is 30.3 Å². The van der Waals surface area contributed by atoms with E-state index in [9.17, 15) is 4.79 Å². The first-order chi connectivity index (χ1) is 13.5. The number of ether oxygens (including phenoxy) is 1. The van der Waals surface area contributed by atoms with Gasteiger partial charge in [0.15, 0.2) is 10.8 Å². The summed E-state index contributed by atoms with van der Waals surface area (Å²) < 4.78 is 5.67. The van der Waals surface area contributed by atoms with Crippen molar-refractivity contribution >= 4 is 68.8 Å². The summed E-state index contributed by atoms with van der Waals surface area (Å²) in [5, 5.41) is 9.63. The van der Waals surface area contributed by atoms with Crippen LogP contribution in [0, 0.1) is 0 Å². The molecular weight excluding hydrogens is 464 g/mol. The number of carbonyl (C=O) groups excluding carboxylic acids is 1. The van der Waals surface area contributed by atoms with Crippen molar-refractivity contribution in [3.8, 4) is 5.75 Å². The van der Waals surface area contributed by atoms with E-state index in [1.165, 1.54) is 11.3 Å². The van der Waals surface area contributed by atoms with E-state index in [2.05, 4.69) is 10.2 Å². The predicted octanol–water partition coefficient (Wildman–Crippen LogP) is 5.77. The number of nitrogens with zero attached hydrogens (tertiary/aromatic N) is 3. The third kappa shape index (κ3) is 3.67. The lowest BCUT2D eigenvalue weighted by molar-refractivity contribution is -0.123. The number of anilines is 1. The Morgan fingerprint density at radius 1 is 1.07 bits per heavy atom. The molecule has 0 saturated carbocycles. The van der Waals surface area contributed by atoms with Crippen LogP contribution < -0.4 is 9.64 Å². The molecule has 2 aromatic carbocycles. The van der Waals surface area contributed by atoms with Crippen LogP contribution in [-0.4, -0.2) is 21.5 Å². The van der Waals surface area contributed by atoms with E-state index in [1.54, 1.807) is 17.0 Å². The third-order valence-corrected chi connectivity index (χ3v) is 6.24. The van der Waals surface area contributed by atoms with Crippen molar-refractivity contribution in [2.75, 3.05) is 4.90 Å². The average molecular weight is 475 g/mol. The topological polar surface area (TPSA) is 55.3 Å². The molecule has 28 heavy (non-hydrogen) atoms. The molecule has 5 nitrogen and oxygen atoms in total. The van der Waals surface area contributed by atoms with Crippen LogP contribution in [-0.2, 0) is 11.4 Å². The molecular formula is C18H11Cl4N3O2S. The van der Waals surface area contributed by atoms with E-state index in [-0.39, 0.29) is 18.6 Å². The lowest BCUT2D eigenvalue weighted by atomic mass is 9.94. The van der Waals surface area contributed by atoms with E-state index in [0.29, 0.717) is 31.0 Å². The Morgan fingerprint density at radius 3 is 2.43 bits per heavy atom. The normalized spacial score (nSPS) is 18.9. The molecule has 0 spiro atoms. The molecule has 0 radical (unpaired) electrons. The van der Waals surface area contributed by atoms with Gasteiger partial charge in [-0.3, -0.25) is 9.69 Å². The fraction of sp³-hybridized carbons (Fsp3) is 0.167. The quantitative estimate of drug-likeness (QED) is 0.347. The Balaban J connectivity index is 1.51. The van der Waals surface area contributed by atoms with Gasteiger partial charge in [0.05, 0.1) is 16.1 Å². The SMILES string of the molecule is O=C1C(Cl)C(c2ccccc2)N1c1nnc(COc2c(Cl)cc(Cl)cc2Cl)s1. The highest BCUT2D eigenvalue weighted by Gasteiger charge is 2.49. The van der Waals surface area contributed by atoms with Gasteiger partial charge in [0, 0.05) is 5.02 Å². The molecule has 144 valence electrons. The maximum atomic E-state index is 12.3. The van der Waals surface area contributed by atoms with Gasteiger partial charge in [0.25, 0.3) is 0 Å². The van der Waals surface area contributed by atoms with Crippen LogP contribution >= 0.6 is 57.7 Å². The molecule has 1 saturated heterocycles. The van der Waals surface area contributed by atoms with Crippen molar-refractivity contribution in [2.45, 2.75) is 18.0 Å². The Kier molecular flexibility index (Phi) is 5.67. The largest absolute Gasteiger partial charge is 0.483 e. The lowest BCUT2D eigenvalue weighted by Crippen LogP contribution is -2.56. The average Bonchev–Trinajstić information content (AvgIpc) is 3.13. The van der Waals surface area contributed by atoms with Gasteiger partial charge in [-0.05, 0) is 17.7 Å². The number of aromatic nitrogens is 2. The predicted molar refractivity (Wildman–Crippen MR) is 112 cm³/mol. The summed E-state index contributed by atoms with van der Waals surface area (Å²) in [7, 11) is 0. The fourth-order valence-corrected chi connectivity index (χ4v) is 4.92. The van der Waals surface area contributed by atoms with Gasteiger partial charge in [-0.2, -0.15) is 0 Å². The third-order valence-electron chi connectivity index (χ3n) is 4.14. The molecule has 1 aromatic heterocycles. The highest BCUT2D eigenvalue weighted by molar-refractivity contribution is 7.15.